The van der Waals surface area contributed by atoms with E-state index in [1.807, 2.05) is 0 Å². The summed E-state index contributed by atoms with van der Waals surface area (Å²) in [5.74, 6) is -2.01. The number of esters is 2. The van der Waals surface area contributed by atoms with Crippen molar-refractivity contribution in [1.82, 2.24) is 0 Å². The molecule has 13 nitrogen and oxygen atoms in total. The molecule has 1 aliphatic rings. The molecule has 6 atom stereocenters. The minimum atomic E-state index is -1.69. The van der Waals surface area contributed by atoms with Crippen LogP contribution in [0.2, 0.25) is 0 Å². The van der Waals surface area contributed by atoms with Gasteiger partial charge in [0.1, 0.15) is 31.0 Å². The van der Waals surface area contributed by atoms with Gasteiger partial charge in [-0.25, -0.2) is 0 Å². The molecule has 6 N–H and O–H groups in total. The molecule has 13 heteroatoms. The maximum atomic E-state index is 11.9. The van der Waals surface area contributed by atoms with E-state index in [-0.39, 0.29) is 24.5 Å². The second-order valence-electron chi connectivity index (χ2n) is 8.40. The van der Waals surface area contributed by atoms with E-state index in [0.717, 1.165) is 0 Å². The number of aromatic hydroxyl groups is 1. The molecule has 0 aliphatic carbocycles. The standard InChI is InChI=1S/C23H32O13/c1-23(31,9-16(26)33-3)10-17(27)34-6-4-5-12-7-13(25)21(14(8-12)32-2)36-22-20(30)19(29)18(28)15(11-24)35-22/h4-5,7-8,15,18-20,22,24-25,28-31H,6,9-11H2,1-3H3. The lowest BCUT2D eigenvalue weighted by atomic mass is 9.98. The predicted molar refractivity (Wildman–Crippen MR) is 121 cm³/mol. The predicted octanol–water partition coefficient (Wildman–Crippen LogP) is -1.16. The van der Waals surface area contributed by atoms with Crippen LogP contribution in [0.1, 0.15) is 25.3 Å². The largest absolute Gasteiger partial charge is 0.504 e. The fraction of sp³-hybridized carbons (Fsp3) is 0.565. The first-order valence-corrected chi connectivity index (χ1v) is 10.9. The average molecular weight is 516 g/mol. The molecule has 1 aromatic rings. The van der Waals surface area contributed by atoms with Gasteiger partial charge in [-0.1, -0.05) is 6.08 Å². The third-order valence-corrected chi connectivity index (χ3v) is 5.29. The van der Waals surface area contributed by atoms with Crippen molar-refractivity contribution in [2.45, 2.75) is 56.1 Å². The molecule has 1 aromatic carbocycles. The monoisotopic (exact) mass is 516 g/mol. The van der Waals surface area contributed by atoms with E-state index in [4.69, 9.17) is 18.9 Å². The molecule has 0 aromatic heterocycles. The Morgan fingerprint density at radius 3 is 2.36 bits per heavy atom. The smallest absolute Gasteiger partial charge is 0.309 e. The molecule has 2 rings (SSSR count). The van der Waals surface area contributed by atoms with E-state index in [1.54, 1.807) is 0 Å². The third kappa shape index (κ3) is 7.78. The van der Waals surface area contributed by atoms with Crippen molar-refractivity contribution >= 4 is 18.0 Å². The number of methoxy groups -OCH3 is 2. The van der Waals surface area contributed by atoms with Gasteiger partial charge < -0.3 is 54.3 Å². The zero-order chi connectivity index (χ0) is 27.0. The van der Waals surface area contributed by atoms with Crippen molar-refractivity contribution in [3.05, 3.63) is 23.8 Å². The third-order valence-electron chi connectivity index (χ3n) is 5.29. The molecule has 202 valence electrons. The summed E-state index contributed by atoms with van der Waals surface area (Å²) in [7, 11) is 2.47. The summed E-state index contributed by atoms with van der Waals surface area (Å²) in [6.45, 7) is 0.494. The van der Waals surface area contributed by atoms with E-state index in [1.165, 1.54) is 45.4 Å². The van der Waals surface area contributed by atoms with Crippen LogP contribution in [0.3, 0.4) is 0 Å². The van der Waals surface area contributed by atoms with Crippen LogP contribution < -0.4 is 9.47 Å². The number of aliphatic hydroxyl groups excluding tert-OH is 4. The summed E-state index contributed by atoms with van der Waals surface area (Å²) in [6.07, 6.45) is -5.48. The molecular weight excluding hydrogens is 484 g/mol. The Labute approximate surface area is 207 Å². The Morgan fingerprint density at radius 1 is 1.08 bits per heavy atom. The average Bonchev–Trinajstić information content (AvgIpc) is 2.82. The number of hydrogen-bond donors (Lipinski definition) is 6. The first-order chi connectivity index (χ1) is 16.9. The van der Waals surface area contributed by atoms with Crippen LogP contribution in [0, 0.1) is 0 Å². The quantitative estimate of drug-likeness (QED) is 0.192. The first-order valence-electron chi connectivity index (χ1n) is 10.9. The van der Waals surface area contributed by atoms with Crippen molar-refractivity contribution in [3.8, 4) is 17.2 Å². The summed E-state index contributed by atoms with van der Waals surface area (Å²) in [5, 5.41) is 59.8. The second-order valence-corrected chi connectivity index (χ2v) is 8.40. The fourth-order valence-corrected chi connectivity index (χ4v) is 3.39. The summed E-state index contributed by atoms with van der Waals surface area (Å²) < 4.78 is 25.5. The van der Waals surface area contributed by atoms with Crippen molar-refractivity contribution < 1.29 is 63.9 Å². The number of phenolic OH excluding ortho intramolecular Hbond substituents is 1. The van der Waals surface area contributed by atoms with Crippen LogP contribution in [0.4, 0.5) is 0 Å². The van der Waals surface area contributed by atoms with Crippen molar-refractivity contribution in [2.75, 3.05) is 27.4 Å². The van der Waals surface area contributed by atoms with Gasteiger partial charge >= 0.3 is 11.9 Å². The highest BCUT2D eigenvalue weighted by Crippen LogP contribution is 2.40. The fourth-order valence-electron chi connectivity index (χ4n) is 3.39. The summed E-state index contributed by atoms with van der Waals surface area (Å²) in [5.41, 5.74) is -1.21. The zero-order valence-corrected chi connectivity index (χ0v) is 20.1. The van der Waals surface area contributed by atoms with Gasteiger partial charge in [0.25, 0.3) is 0 Å². The number of ether oxygens (including phenoxy) is 5. The molecule has 36 heavy (non-hydrogen) atoms. The highest BCUT2D eigenvalue weighted by atomic mass is 16.7. The topological polar surface area (TPSA) is 202 Å². The normalized spacial score (nSPS) is 25.7. The van der Waals surface area contributed by atoms with Gasteiger partial charge in [0.05, 0.1) is 39.3 Å². The van der Waals surface area contributed by atoms with Crippen LogP contribution >= 0.6 is 0 Å². The molecule has 0 amide bonds. The van der Waals surface area contributed by atoms with E-state index in [0.29, 0.717) is 5.56 Å². The molecular formula is C23H32O13. The number of carbonyl (C=O) groups is 2. The van der Waals surface area contributed by atoms with Crippen molar-refractivity contribution in [3.63, 3.8) is 0 Å². The molecule has 0 radical (unpaired) electrons. The van der Waals surface area contributed by atoms with Crippen molar-refractivity contribution in [1.29, 1.82) is 0 Å². The Kier molecular flexibility index (Phi) is 10.5. The highest BCUT2D eigenvalue weighted by Gasteiger charge is 2.45. The minimum absolute atomic E-state index is 0.0301. The molecule has 1 saturated heterocycles. The molecule has 0 saturated carbocycles. The molecule has 0 bridgehead atoms. The zero-order valence-electron chi connectivity index (χ0n) is 20.1. The number of carbonyl (C=O) groups excluding carboxylic acids is 2. The number of phenols is 1. The van der Waals surface area contributed by atoms with Crippen LogP contribution in [0.5, 0.6) is 17.2 Å². The Balaban J connectivity index is 2.02. The Morgan fingerprint density at radius 2 is 1.75 bits per heavy atom. The Hall–Kier alpha value is -2.94. The van der Waals surface area contributed by atoms with Gasteiger partial charge in [-0.05, 0) is 30.7 Å². The van der Waals surface area contributed by atoms with Gasteiger partial charge in [-0.15, -0.1) is 0 Å². The van der Waals surface area contributed by atoms with Gasteiger partial charge in [0, 0.05) is 0 Å². The SMILES string of the molecule is COC(=O)CC(C)(O)CC(=O)OCC=Cc1cc(O)c(OC2OC(CO)C(O)C(O)C2O)c(OC)c1. The number of benzene rings is 1. The van der Waals surface area contributed by atoms with Gasteiger partial charge in [-0.2, -0.15) is 0 Å². The maximum absolute atomic E-state index is 11.9. The number of rotatable bonds is 11. The van der Waals surface area contributed by atoms with E-state index in [9.17, 15) is 40.2 Å². The minimum Gasteiger partial charge on any atom is -0.504 e. The molecule has 6 unspecified atom stereocenters. The van der Waals surface area contributed by atoms with E-state index < -0.39 is 67.0 Å². The van der Waals surface area contributed by atoms with E-state index in [2.05, 4.69) is 4.74 Å². The maximum Gasteiger partial charge on any atom is 0.309 e. The van der Waals surface area contributed by atoms with Gasteiger partial charge in [0.15, 0.2) is 11.5 Å². The van der Waals surface area contributed by atoms with Gasteiger partial charge in [-0.3, -0.25) is 9.59 Å². The Bertz CT molecular complexity index is 927. The number of hydrogen-bond acceptors (Lipinski definition) is 13. The van der Waals surface area contributed by atoms with Gasteiger partial charge in [0.2, 0.25) is 12.0 Å². The summed E-state index contributed by atoms with van der Waals surface area (Å²) >= 11 is 0. The second kappa shape index (κ2) is 12.9. The lowest BCUT2D eigenvalue weighted by molar-refractivity contribution is -0.277. The first kappa shape index (κ1) is 29.3. The number of aliphatic hydroxyl groups is 5. The van der Waals surface area contributed by atoms with Crippen LogP contribution in [-0.2, 0) is 23.8 Å². The lowest BCUT2D eigenvalue weighted by Crippen LogP contribution is -2.60. The molecule has 1 aliphatic heterocycles. The highest BCUT2D eigenvalue weighted by molar-refractivity contribution is 5.75. The molecule has 1 heterocycles. The van der Waals surface area contributed by atoms with Crippen LogP contribution in [0.15, 0.2) is 18.2 Å². The van der Waals surface area contributed by atoms with E-state index >= 15 is 0 Å². The van der Waals surface area contributed by atoms with Crippen molar-refractivity contribution in [2.24, 2.45) is 0 Å². The van der Waals surface area contributed by atoms with Crippen LogP contribution in [-0.4, -0.2) is 106 Å². The summed E-state index contributed by atoms with van der Waals surface area (Å²) in [4.78, 5) is 23.2. The molecule has 0 spiro atoms. The van der Waals surface area contributed by atoms with Crippen LogP contribution in [0.25, 0.3) is 6.08 Å². The molecule has 1 fully saturated rings. The lowest BCUT2D eigenvalue weighted by Gasteiger charge is -2.39. The summed E-state index contributed by atoms with van der Waals surface area (Å²) in [6, 6.07) is 2.74.